The van der Waals surface area contributed by atoms with E-state index in [1.807, 2.05) is 37.0 Å². The van der Waals surface area contributed by atoms with Gasteiger partial charge < -0.3 is 9.80 Å². The van der Waals surface area contributed by atoms with Crippen LogP contribution in [0.4, 0.5) is 11.8 Å². The molecule has 0 aromatic carbocycles. The summed E-state index contributed by atoms with van der Waals surface area (Å²) in [5.74, 6) is 1.51. The van der Waals surface area contributed by atoms with Crippen LogP contribution in [0.15, 0.2) is 12.3 Å². The van der Waals surface area contributed by atoms with E-state index in [-0.39, 0.29) is 0 Å². The van der Waals surface area contributed by atoms with E-state index in [4.69, 9.17) is 5.26 Å². The molecule has 0 bridgehead atoms. The minimum atomic E-state index is 0.478. The van der Waals surface area contributed by atoms with Crippen molar-refractivity contribution in [2.24, 2.45) is 0 Å². The van der Waals surface area contributed by atoms with Crippen molar-refractivity contribution in [1.82, 2.24) is 9.97 Å². The first kappa shape index (κ1) is 11.2. The number of nitrogens with zero attached hydrogens (tertiary/aromatic N) is 5. The summed E-state index contributed by atoms with van der Waals surface area (Å²) in [4.78, 5) is 12.3. The van der Waals surface area contributed by atoms with Crippen molar-refractivity contribution in [3.63, 3.8) is 0 Å². The second kappa shape index (κ2) is 5.15. The Morgan fingerprint density at radius 3 is 2.73 bits per heavy atom. The maximum atomic E-state index is 8.48. The van der Waals surface area contributed by atoms with Gasteiger partial charge in [-0.25, -0.2) is 4.98 Å². The molecular weight excluding hydrogens is 190 g/mol. The summed E-state index contributed by atoms with van der Waals surface area (Å²) >= 11 is 0. The Morgan fingerprint density at radius 2 is 2.13 bits per heavy atom. The van der Waals surface area contributed by atoms with Gasteiger partial charge in [-0.3, -0.25) is 0 Å². The van der Waals surface area contributed by atoms with Gasteiger partial charge in [0.1, 0.15) is 5.82 Å². The number of aromatic nitrogens is 2. The molecule has 1 aromatic rings. The van der Waals surface area contributed by atoms with Gasteiger partial charge in [0.05, 0.1) is 12.5 Å². The van der Waals surface area contributed by atoms with E-state index < -0.39 is 0 Å². The van der Waals surface area contributed by atoms with Gasteiger partial charge in [0.15, 0.2) is 0 Å². The number of rotatable bonds is 4. The summed E-state index contributed by atoms with van der Waals surface area (Å²) in [7, 11) is 5.74. The Bertz CT molecular complexity index is 355. The van der Waals surface area contributed by atoms with Crippen molar-refractivity contribution in [3.8, 4) is 6.07 Å². The van der Waals surface area contributed by atoms with Crippen LogP contribution in [0, 0.1) is 11.3 Å². The van der Waals surface area contributed by atoms with Crippen LogP contribution >= 0.6 is 0 Å². The molecule has 5 nitrogen and oxygen atoms in total. The van der Waals surface area contributed by atoms with Gasteiger partial charge in [0.25, 0.3) is 0 Å². The van der Waals surface area contributed by atoms with Gasteiger partial charge >= 0.3 is 0 Å². The van der Waals surface area contributed by atoms with Gasteiger partial charge in [-0.15, -0.1) is 0 Å². The van der Waals surface area contributed by atoms with E-state index in [9.17, 15) is 0 Å². The maximum Gasteiger partial charge on any atom is 0.227 e. The van der Waals surface area contributed by atoms with Crippen LogP contribution in [0.1, 0.15) is 6.42 Å². The largest absolute Gasteiger partial charge is 0.363 e. The van der Waals surface area contributed by atoms with E-state index in [0.717, 1.165) is 5.82 Å². The number of hydrogen-bond donors (Lipinski definition) is 0. The van der Waals surface area contributed by atoms with Crippen molar-refractivity contribution in [2.45, 2.75) is 6.42 Å². The summed E-state index contributed by atoms with van der Waals surface area (Å²) in [6.07, 6.45) is 2.20. The lowest BCUT2D eigenvalue weighted by Crippen LogP contribution is -2.22. The van der Waals surface area contributed by atoms with Crippen molar-refractivity contribution in [2.75, 3.05) is 37.5 Å². The topological polar surface area (TPSA) is 56.1 Å². The smallest absolute Gasteiger partial charge is 0.227 e. The molecule has 1 rings (SSSR count). The standard InChI is InChI=1S/C10H15N5/c1-14(2)9-5-7-12-10(13-9)15(3)8-4-6-11/h5,7H,4,8H2,1-3H3. The van der Waals surface area contributed by atoms with Crippen molar-refractivity contribution in [3.05, 3.63) is 12.3 Å². The van der Waals surface area contributed by atoms with Crippen molar-refractivity contribution in [1.29, 1.82) is 5.26 Å². The van der Waals surface area contributed by atoms with E-state index in [1.165, 1.54) is 0 Å². The molecule has 5 heteroatoms. The molecule has 0 N–H and O–H groups in total. The number of nitriles is 1. The molecule has 0 saturated heterocycles. The molecule has 80 valence electrons. The maximum absolute atomic E-state index is 8.48. The van der Waals surface area contributed by atoms with Crippen LogP contribution in [0.25, 0.3) is 0 Å². The molecular formula is C10H15N5. The average Bonchev–Trinajstić information content (AvgIpc) is 2.26. The highest BCUT2D eigenvalue weighted by Crippen LogP contribution is 2.11. The SMILES string of the molecule is CN(C)c1ccnc(N(C)CCC#N)n1. The summed E-state index contributed by atoms with van der Waals surface area (Å²) in [6.45, 7) is 0.646. The fraction of sp³-hybridized carbons (Fsp3) is 0.500. The average molecular weight is 205 g/mol. The molecule has 0 unspecified atom stereocenters. The Morgan fingerprint density at radius 1 is 1.40 bits per heavy atom. The predicted octanol–water partition coefficient (Wildman–Crippen LogP) is 0.892. The lowest BCUT2D eigenvalue weighted by atomic mass is 10.4. The number of anilines is 2. The van der Waals surface area contributed by atoms with E-state index >= 15 is 0 Å². The minimum Gasteiger partial charge on any atom is -0.363 e. The lowest BCUT2D eigenvalue weighted by molar-refractivity contribution is 0.854. The third-order valence-corrected chi connectivity index (χ3v) is 1.99. The molecule has 0 aliphatic heterocycles. The first-order chi connectivity index (χ1) is 7.15. The Labute approximate surface area is 90.0 Å². The van der Waals surface area contributed by atoms with Gasteiger partial charge in [-0.2, -0.15) is 10.2 Å². The summed E-state index contributed by atoms with van der Waals surface area (Å²) < 4.78 is 0. The van der Waals surface area contributed by atoms with Crippen LogP contribution in [0.5, 0.6) is 0 Å². The predicted molar refractivity (Wildman–Crippen MR) is 59.9 cm³/mol. The van der Waals surface area contributed by atoms with Crippen LogP contribution in [0.2, 0.25) is 0 Å². The molecule has 1 heterocycles. The summed E-state index contributed by atoms with van der Waals surface area (Å²) in [5, 5.41) is 8.48. The highest BCUT2D eigenvalue weighted by molar-refractivity contribution is 5.41. The fourth-order valence-electron chi connectivity index (χ4n) is 1.09. The Balaban J connectivity index is 2.77. The highest BCUT2D eigenvalue weighted by Gasteiger charge is 2.05. The van der Waals surface area contributed by atoms with E-state index in [2.05, 4.69) is 16.0 Å². The Kier molecular flexibility index (Phi) is 3.86. The van der Waals surface area contributed by atoms with Gasteiger partial charge in [0.2, 0.25) is 5.95 Å². The molecule has 0 amide bonds. The second-order valence-corrected chi connectivity index (χ2v) is 3.44. The van der Waals surface area contributed by atoms with Gasteiger partial charge in [-0.05, 0) is 6.07 Å². The van der Waals surface area contributed by atoms with Crippen LogP contribution in [-0.2, 0) is 0 Å². The van der Waals surface area contributed by atoms with Crippen LogP contribution in [-0.4, -0.2) is 37.7 Å². The molecule has 0 aliphatic carbocycles. The molecule has 0 spiro atoms. The van der Waals surface area contributed by atoms with E-state index in [0.29, 0.717) is 18.9 Å². The van der Waals surface area contributed by atoms with Crippen LogP contribution < -0.4 is 9.80 Å². The third-order valence-electron chi connectivity index (χ3n) is 1.99. The zero-order chi connectivity index (χ0) is 11.3. The molecule has 0 atom stereocenters. The first-order valence-corrected chi connectivity index (χ1v) is 4.73. The molecule has 1 aromatic heterocycles. The molecule has 0 radical (unpaired) electrons. The first-order valence-electron chi connectivity index (χ1n) is 4.73. The molecule has 0 saturated carbocycles. The molecule has 0 fully saturated rings. The fourth-order valence-corrected chi connectivity index (χ4v) is 1.09. The van der Waals surface area contributed by atoms with E-state index in [1.54, 1.807) is 6.20 Å². The second-order valence-electron chi connectivity index (χ2n) is 3.44. The third kappa shape index (κ3) is 3.09. The monoisotopic (exact) mass is 205 g/mol. The van der Waals surface area contributed by atoms with Crippen molar-refractivity contribution < 1.29 is 0 Å². The summed E-state index contributed by atoms with van der Waals surface area (Å²) in [6, 6.07) is 3.95. The highest BCUT2D eigenvalue weighted by atomic mass is 15.3. The quantitative estimate of drug-likeness (QED) is 0.730. The summed E-state index contributed by atoms with van der Waals surface area (Å²) in [5.41, 5.74) is 0. The van der Waals surface area contributed by atoms with Gasteiger partial charge in [-0.1, -0.05) is 0 Å². The molecule has 15 heavy (non-hydrogen) atoms. The van der Waals surface area contributed by atoms with Gasteiger partial charge in [0, 0.05) is 33.9 Å². The van der Waals surface area contributed by atoms with Crippen LogP contribution in [0.3, 0.4) is 0 Å². The zero-order valence-corrected chi connectivity index (χ0v) is 9.30. The molecule has 0 aliphatic rings. The zero-order valence-electron chi connectivity index (χ0n) is 9.30. The normalized spacial score (nSPS) is 9.47. The Hall–Kier alpha value is -1.83. The minimum absolute atomic E-state index is 0.478. The lowest BCUT2D eigenvalue weighted by Gasteiger charge is -2.17. The number of hydrogen-bond acceptors (Lipinski definition) is 5. The van der Waals surface area contributed by atoms with Crippen molar-refractivity contribution >= 4 is 11.8 Å².